The molecule has 3 nitrogen and oxygen atoms in total. The van der Waals surface area contributed by atoms with E-state index in [2.05, 4.69) is 15.9 Å². The highest BCUT2D eigenvalue weighted by molar-refractivity contribution is 9.10. The first-order valence-electron chi connectivity index (χ1n) is 5.40. The van der Waals surface area contributed by atoms with Crippen molar-refractivity contribution in [1.29, 1.82) is 0 Å². The summed E-state index contributed by atoms with van der Waals surface area (Å²) in [5.74, 6) is 0. The predicted molar refractivity (Wildman–Crippen MR) is 81.0 cm³/mol. The van der Waals surface area contributed by atoms with Crippen LogP contribution in [0, 0.1) is 0 Å². The number of nitrogens with two attached hydrogens (primary N) is 1. The second kappa shape index (κ2) is 5.53. The number of benzene rings is 1. The lowest BCUT2D eigenvalue weighted by Crippen LogP contribution is -2.34. The fourth-order valence-electron chi connectivity index (χ4n) is 1.72. The van der Waals surface area contributed by atoms with Crippen LogP contribution in [-0.4, -0.2) is 26.5 Å². The van der Waals surface area contributed by atoms with Crippen molar-refractivity contribution in [2.45, 2.75) is 35.6 Å². The minimum Gasteiger partial charge on any atom is -0.325 e. The van der Waals surface area contributed by atoms with Gasteiger partial charge < -0.3 is 5.73 Å². The lowest BCUT2D eigenvalue weighted by atomic mass is 9.96. The molecule has 0 unspecified atom stereocenters. The zero-order valence-electron chi connectivity index (χ0n) is 11.0. The molecule has 0 amide bonds. The molecular weight excluding hydrogens is 334 g/mol. The molecule has 1 aromatic rings. The largest absolute Gasteiger partial charge is 0.325 e. The molecule has 18 heavy (non-hydrogen) atoms. The Labute approximate surface area is 122 Å². The van der Waals surface area contributed by atoms with Crippen LogP contribution in [0.1, 0.15) is 19.4 Å². The first-order chi connectivity index (χ1) is 8.04. The minimum absolute atomic E-state index is 0.364. The lowest BCUT2D eigenvalue weighted by molar-refractivity contribution is 0.515. The van der Waals surface area contributed by atoms with Gasteiger partial charge in [-0.1, -0.05) is 0 Å². The van der Waals surface area contributed by atoms with Gasteiger partial charge in [0.05, 0.1) is 4.90 Å². The third-order valence-electron chi connectivity index (χ3n) is 2.33. The fourth-order valence-corrected chi connectivity index (χ4v) is 4.88. The predicted octanol–water partition coefficient (Wildman–Crippen LogP) is 2.85. The minimum atomic E-state index is -3.24. The van der Waals surface area contributed by atoms with E-state index in [1.54, 1.807) is 6.07 Å². The Morgan fingerprint density at radius 3 is 2.33 bits per heavy atom. The number of sulfone groups is 1. The van der Waals surface area contributed by atoms with Gasteiger partial charge in [0.1, 0.15) is 0 Å². The zero-order valence-corrected chi connectivity index (χ0v) is 14.2. The fraction of sp³-hybridized carbons (Fsp3) is 0.500. The van der Waals surface area contributed by atoms with Crippen molar-refractivity contribution in [2.75, 3.05) is 12.5 Å². The van der Waals surface area contributed by atoms with E-state index in [0.29, 0.717) is 11.3 Å². The van der Waals surface area contributed by atoms with Gasteiger partial charge >= 0.3 is 0 Å². The number of rotatable bonds is 4. The molecule has 1 aromatic carbocycles. The van der Waals surface area contributed by atoms with E-state index in [1.165, 1.54) is 18.0 Å². The van der Waals surface area contributed by atoms with Crippen molar-refractivity contribution in [3.8, 4) is 0 Å². The maximum absolute atomic E-state index is 11.8. The third kappa shape index (κ3) is 4.26. The van der Waals surface area contributed by atoms with Gasteiger partial charge in [-0.3, -0.25) is 0 Å². The second-order valence-electron chi connectivity index (χ2n) is 5.05. The second-order valence-corrected chi connectivity index (χ2v) is 8.70. The van der Waals surface area contributed by atoms with E-state index in [9.17, 15) is 8.42 Å². The average Bonchev–Trinajstić information content (AvgIpc) is 2.12. The van der Waals surface area contributed by atoms with Crippen LogP contribution in [0.15, 0.2) is 26.4 Å². The Balaban J connectivity index is 3.41. The molecule has 102 valence electrons. The molecule has 0 radical (unpaired) electrons. The number of thioether (sulfide) groups is 1. The summed E-state index contributed by atoms with van der Waals surface area (Å²) >= 11 is 4.85. The highest BCUT2D eigenvalue weighted by Gasteiger charge is 2.19. The summed E-state index contributed by atoms with van der Waals surface area (Å²) in [6.45, 7) is 3.84. The Hall–Kier alpha value is -0.0400. The number of hydrogen-bond acceptors (Lipinski definition) is 4. The molecule has 0 saturated carbocycles. The van der Waals surface area contributed by atoms with Crippen molar-refractivity contribution in [3.05, 3.63) is 22.2 Å². The summed E-state index contributed by atoms with van der Waals surface area (Å²) in [5, 5.41) is 0. The van der Waals surface area contributed by atoms with Gasteiger partial charge in [-0.05, 0) is 60.2 Å². The summed E-state index contributed by atoms with van der Waals surface area (Å²) < 4.78 is 24.4. The van der Waals surface area contributed by atoms with Crippen molar-refractivity contribution in [3.63, 3.8) is 0 Å². The molecule has 6 heteroatoms. The summed E-state index contributed by atoms with van der Waals surface area (Å²) in [7, 11) is -3.24. The topological polar surface area (TPSA) is 60.2 Å². The van der Waals surface area contributed by atoms with Gasteiger partial charge in [0, 0.05) is 21.2 Å². The molecule has 0 aliphatic rings. The molecule has 0 atom stereocenters. The van der Waals surface area contributed by atoms with E-state index in [1.807, 2.05) is 26.2 Å². The van der Waals surface area contributed by atoms with Crippen molar-refractivity contribution in [2.24, 2.45) is 5.73 Å². The van der Waals surface area contributed by atoms with Crippen LogP contribution < -0.4 is 5.73 Å². The van der Waals surface area contributed by atoms with Crippen molar-refractivity contribution >= 4 is 37.5 Å². The number of hydrogen-bond donors (Lipinski definition) is 1. The van der Waals surface area contributed by atoms with E-state index >= 15 is 0 Å². The highest BCUT2D eigenvalue weighted by Crippen LogP contribution is 2.34. The maximum Gasteiger partial charge on any atom is 0.176 e. The SMILES string of the molecule is CSc1c(Br)cc(CC(C)(C)N)cc1S(C)(=O)=O. The Morgan fingerprint density at radius 2 is 1.94 bits per heavy atom. The van der Waals surface area contributed by atoms with E-state index in [0.717, 1.165) is 14.9 Å². The van der Waals surface area contributed by atoms with Gasteiger partial charge in [-0.25, -0.2) is 8.42 Å². The Morgan fingerprint density at radius 1 is 1.39 bits per heavy atom. The molecule has 0 aliphatic heterocycles. The van der Waals surface area contributed by atoms with Gasteiger partial charge in [0.25, 0.3) is 0 Å². The molecule has 0 spiro atoms. The molecule has 0 bridgehead atoms. The monoisotopic (exact) mass is 351 g/mol. The van der Waals surface area contributed by atoms with Gasteiger partial charge in [-0.15, -0.1) is 11.8 Å². The zero-order chi connectivity index (χ0) is 14.1. The molecule has 0 aromatic heterocycles. The smallest absolute Gasteiger partial charge is 0.176 e. The third-order valence-corrected chi connectivity index (χ3v) is 5.32. The molecule has 1 rings (SSSR count). The average molecular weight is 352 g/mol. The lowest BCUT2D eigenvalue weighted by Gasteiger charge is -2.20. The first kappa shape index (κ1) is 16.0. The van der Waals surface area contributed by atoms with Gasteiger partial charge in [0.15, 0.2) is 9.84 Å². The molecule has 0 aliphatic carbocycles. The molecule has 0 heterocycles. The normalized spacial score (nSPS) is 12.8. The van der Waals surface area contributed by atoms with Crippen LogP contribution in [0.2, 0.25) is 0 Å². The molecular formula is C12H18BrNO2S2. The van der Waals surface area contributed by atoms with Crippen LogP contribution in [0.25, 0.3) is 0 Å². The highest BCUT2D eigenvalue weighted by atomic mass is 79.9. The standard InChI is InChI=1S/C12H18BrNO2S2/c1-12(2,14)7-8-5-9(13)11(17-3)10(6-8)18(4,15)16/h5-6H,7,14H2,1-4H3. The number of halogens is 1. The Bertz CT molecular complexity index is 548. The summed E-state index contributed by atoms with van der Waals surface area (Å²) in [4.78, 5) is 1.11. The van der Waals surface area contributed by atoms with Gasteiger partial charge in [-0.2, -0.15) is 0 Å². The van der Waals surface area contributed by atoms with Crippen LogP contribution in [0.5, 0.6) is 0 Å². The van der Waals surface area contributed by atoms with Crippen molar-refractivity contribution in [1.82, 2.24) is 0 Å². The first-order valence-corrected chi connectivity index (χ1v) is 9.31. The van der Waals surface area contributed by atoms with Crippen molar-refractivity contribution < 1.29 is 8.42 Å². The van der Waals surface area contributed by atoms with Crippen LogP contribution in [0.3, 0.4) is 0 Å². The molecule has 0 saturated heterocycles. The summed E-state index contributed by atoms with van der Waals surface area (Å²) in [5.41, 5.74) is 6.54. The van der Waals surface area contributed by atoms with Crippen LogP contribution in [0.4, 0.5) is 0 Å². The van der Waals surface area contributed by atoms with Crippen LogP contribution in [-0.2, 0) is 16.3 Å². The quantitative estimate of drug-likeness (QED) is 0.847. The van der Waals surface area contributed by atoms with E-state index in [4.69, 9.17) is 5.73 Å². The Kier molecular flexibility index (Phi) is 4.92. The van der Waals surface area contributed by atoms with E-state index < -0.39 is 9.84 Å². The van der Waals surface area contributed by atoms with E-state index in [-0.39, 0.29) is 5.54 Å². The molecule has 2 N–H and O–H groups in total. The summed E-state index contributed by atoms with van der Waals surface area (Å²) in [6, 6.07) is 3.66. The van der Waals surface area contributed by atoms with Gasteiger partial charge in [0.2, 0.25) is 0 Å². The maximum atomic E-state index is 11.8. The molecule has 0 fully saturated rings. The summed E-state index contributed by atoms with van der Waals surface area (Å²) in [6.07, 6.45) is 3.72. The van der Waals surface area contributed by atoms with Crippen LogP contribution >= 0.6 is 27.7 Å².